The van der Waals surface area contributed by atoms with Gasteiger partial charge in [-0.05, 0) is 29.6 Å². The van der Waals surface area contributed by atoms with E-state index in [2.05, 4.69) is 20.0 Å². The molecule has 14 heteroatoms. The molecule has 0 fully saturated rings. The fourth-order valence-corrected chi connectivity index (χ4v) is 4.59. The molecule has 0 bridgehead atoms. The number of alkyl halides is 3. The van der Waals surface area contributed by atoms with Gasteiger partial charge in [-0.25, -0.2) is 14.6 Å². The minimum absolute atomic E-state index is 0.226. The SMILES string of the molecule is COC(=O)Nc1nc2ccc(C3(O)c4ccccc4C(=O)N3Cc3cccs3)cc2[nH]1.O=C(O)C(F)(F)F. The number of methoxy groups -OCH3 is 1. The lowest BCUT2D eigenvalue weighted by Gasteiger charge is -2.34. The van der Waals surface area contributed by atoms with Gasteiger partial charge in [0.2, 0.25) is 5.95 Å². The Hall–Kier alpha value is -4.43. The Labute approximate surface area is 216 Å². The Balaban J connectivity index is 0.000000426. The van der Waals surface area contributed by atoms with Gasteiger partial charge in [0.1, 0.15) is 0 Å². The van der Waals surface area contributed by atoms with Crippen molar-refractivity contribution in [1.29, 1.82) is 0 Å². The summed E-state index contributed by atoms with van der Waals surface area (Å²) in [5, 5.41) is 23.5. The van der Waals surface area contributed by atoms with E-state index in [-0.39, 0.29) is 18.4 Å². The Morgan fingerprint density at radius 3 is 2.53 bits per heavy atom. The highest BCUT2D eigenvalue weighted by atomic mass is 32.1. The van der Waals surface area contributed by atoms with Gasteiger partial charge in [-0.2, -0.15) is 13.2 Å². The number of fused-ring (bicyclic) bond motifs is 2. The smallest absolute Gasteiger partial charge is 0.475 e. The topological polar surface area (TPSA) is 145 Å². The van der Waals surface area contributed by atoms with Crippen LogP contribution in [0.15, 0.2) is 60.0 Å². The fourth-order valence-electron chi connectivity index (χ4n) is 3.90. The van der Waals surface area contributed by atoms with Crippen LogP contribution in [0.25, 0.3) is 11.0 Å². The number of carboxylic acid groups (broad SMARTS) is 1. The molecule has 5 rings (SSSR count). The third-order valence-electron chi connectivity index (χ3n) is 5.60. The van der Waals surface area contributed by atoms with Crippen molar-refractivity contribution in [3.05, 3.63) is 81.5 Å². The summed E-state index contributed by atoms with van der Waals surface area (Å²) in [7, 11) is 1.27. The molecule has 38 heavy (non-hydrogen) atoms. The normalized spacial score (nSPS) is 16.6. The van der Waals surface area contributed by atoms with Crippen molar-refractivity contribution < 1.29 is 42.5 Å². The minimum atomic E-state index is -5.08. The number of anilines is 1. The predicted molar refractivity (Wildman–Crippen MR) is 129 cm³/mol. The van der Waals surface area contributed by atoms with Gasteiger partial charge in [0.05, 0.1) is 24.7 Å². The lowest BCUT2D eigenvalue weighted by atomic mass is 9.93. The van der Waals surface area contributed by atoms with E-state index in [0.717, 1.165) is 4.88 Å². The van der Waals surface area contributed by atoms with E-state index >= 15 is 0 Å². The molecule has 198 valence electrons. The Morgan fingerprint density at radius 2 is 1.89 bits per heavy atom. The number of hydrogen-bond acceptors (Lipinski definition) is 7. The molecule has 0 radical (unpaired) electrons. The van der Waals surface area contributed by atoms with E-state index in [1.54, 1.807) is 42.5 Å². The number of nitrogens with one attached hydrogen (secondary N) is 2. The van der Waals surface area contributed by atoms with Crippen molar-refractivity contribution in [3.63, 3.8) is 0 Å². The quantitative estimate of drug-likeness (QED) is 0.298. The number of carbonyl (C=O) groups is 3. The first-order valence-corrected chi connectivity index (χ1v) is 11.6. The predicted octanol–water partition coefficient (Wildman–Crippen LogP) is 4.29. The number of carboxylic acids is 1. The Kier molecular flexibility index (Phi) is 7.11. The highest BCUT2D eigenvalue weighted by Gasteiger charge is 2.49. The number of aromatic nitrogens is 2. The zero-order valence-corrected chi connectivity index (χ0v) is 20.3. The number of aliphatic hydroxyl groups is 1. The zero-order chi connectivity index (χ0) is 27.7. The summed E-state index contributed by atoms with van der Waals surface area (Å²) >= 11 is 1.53. The lowest BCUT2D eigenvalue weighted by Crippen LogP contribution is -2.44. The molecule has 10 nitrogen and oxygen atoms in total. The van der Waals surface area contributed by atoms with Crippen molar-refractivity contribution in [2.75, 3.05) is 12.4 Å². The summed E-state index contributed by atoms with van der Waals surface area (Å²) < 4.78 is 36.3. The van der Waals surface area contributed by atoms with Crippen molar-refractivity contribution in [3.8, 4) is 0 Å². The second-order valence-electron chi connectivity index (χ2n) is 7.93. The number of thiophene rings is 1. The Bertz CT molecular complexity index is 1500. The molecular weight excluding hydrogens is 529 g/mol. The van der Waals surface area contributed by atoms with Crippen LogP contribution in [0, 0.1) is 0 Å². The summed E-state index contributed by atoms with van der Waals surface area (Å²) in [6.07, 6.45) is -5.73. The molecule has 2 aromatic heterocycles. The lowest BCUT2D eigenvalue weighted by molar-refractivity contribution is -0.192. The number of halogens is 3. The first kappa shape index (κ1) is 26.6. The van der Waals surface area contributed by atoms with Gasteiger partial charge in [0.25, 0.3) is 5.91 Å². The number of imidazole rings is 1. The first-order chi connectivity index (χ1) is 17.9. The maximum atomic E-state index is 13.2. The van der Waals surface area contributed by atoms with E-state index in [9.17, 15) is 27.9 Å². The van der Waals surface area contributed by atoms with Crippen LogP contribution in [0.3, 0.4) is 0 Å². The van der Waals surface area contributed by atoms with Crippen LogP contribution in [0.1, 0.15) is 26.4 Å². The highest BCUT2D eigenvalue weighted by molar-refractivity contribution is 7.09. The van der Waals surface area contributed by atoms with Crippen LogP contribution < -0.4 is 5.32 Å². The molecule has 1 aliphatic rings. The van der Waals surface area contributed by atoms with Gasteiger partial charge >= 0.3 is 18.2 Å². The summed E-state index contributed by atoms with van der Waals surface area (Å²) in [6, 6.07) is 16.1. The van der Waals surface area contributed by atoms with Gasteiger partial charge in [0, 0.05) is 21.6 Å². The molecule has 2 aromatic carbocycles. The summed E-state index contributed by atoms with van der Waals surface area (Å²) in [5.74, 6) is -2.76. The molecule has 1 atom stereocenters. The number of H-pyrrole nitrogens is 1. The largest absolute Gasteiger partial charge is 0.490 e. The minimum Gasteiger partial charge on any atom is -0.475 e. The maximum absolute atomic E-state index is 13.2. The molecule has 2 amide bonds. The molecule has 0 saturated heterocycles. The van der Waals surface area contributed by atoms with Crippen LogP contribution >= 0.6 is 11.3 Å². The second kappa shape index (κ2) is 10.1. The molecule has 1 aliphatic heterocycles. The molecular formula is C24H19F3N4O6S. The number of aromatic amines is 1. The second-order valence-corrected chi connectivity index (χ2v) is 8.96. The summed E-state index contributed by atoms with van der Waals surface area (Å²) in [5.41, 5.74) is 1.07. The van der Waals surface area contributed by atoms with Crippen LogP contribution in [0.2, 0.25) is 0 Å². The van der Waals surface area contributed by atoms with Gasteiger partial charge in [-0.1, -0.05) is 30.3 Å². The number of amides is 2. The molecule has 3 heterocycles. The average molecular weight is 548 g/mol. The van der Waals surface area contributed by atoms with Gasteiger partial charge in [0.15, 0.2) is 5.72 Å². The monoisotopic (exact) mass is 548 g/mol. The summed E-state index contributed by atoms with van der Waals surface area (Å²) in [6.45, 7) is 0.276. The van der Waals surface area contributed by atoms with E-state index in [1.807, 2.05) is 17.5 Å². The van der Waals surface area contributed by atoms with Crippen molar-refractivity contribution in [2.45, 2.75) is 18.4 Å². The van der Waals surface area contributed by atoms with Gasteiger partial charge in [-0.15, -0.1) is 11.3 Å². The highest BCUT2D eigenvalue weighted by Crippen LogP contribution is 2.43. The van der Waals surface area contributed by atoms with Crippen molar-refractivity contribution in [2.24, 2.45) is 0 Å². The molecule has 4 N–H and O–H groups in total. The van der Waals surface area contributed by atoms with E-state index in [4.69, 9.17) is 9.90 Å². The van der Waals surface area contributed by atoms with Crippen LogP contribution in [-0.4, -0.2) is 56.3 Å². The summed E-state index contributed by atoms with van der Waals surface area (Å²) in [4.78, 5) is 43.3. The third-order valence-corrected chi connectivity index (χ3v) is 6.46. The van der Waals surface area contributed by atoms with Crippen LogP contribution in [-0.2, 0) is 21.8 Å². The number of carbonyl (C=O) groups excluding carboxylic acids is 2. The number of benzene rings is 2. The van der Waals surface area contributed by atoms with E-state index < -0.39 is 24.0 Å². The molecule has 1 unspecified atom stereocenters. The van der Waals surface area contributed by atoms with Crippen LogP contribution in [0.5, 0.6) is 0 Å². The van der Waals surface area contributed by atoms with Gasteiger partial charge in [-0.3, -0.25) is 15.0 Å². The maximum Gasteiger partial charge on any atom is 0.490 e. The number of ether oxygens (including phenoxy) is 1. The standard InChI is InChI=1S/C22H18N4O4S.C2HF3O2/c1-30-21(28)25-20-23-17-9-8-13(11-18(17)24-20)22(29)16-7-3-2-6-15(16)19(27)26(22)12-14-5-4-10-31-14;3-2(4,5)1(6)7/h2-11,29H,12H2,1H3,(H2,23,24,25,28);(H,6,7). The molecule has 0 aliphatic carbocycles. The molecule has 0 saturated carbocycles. The number of rotatable bonds is 4. The third kappa shape index (κ3) is 5.03. The zero-order valence-electron chi connectivity index (χ0n) is 19.4. The van der Waals surface area contributed by atoms with E-state index in [1.165, 1.54) is 23.3 Å². The van der Waals surface area contributed by atoms with Crippen molar-refractivity contribution in [1.82, 2.24) is 14.9 Å². The molecule has 4 aromatic rings. The number of aliphatic carboxylic acids is 1. The number of nitrogens with zero attached hydrogens (tertiary/aromatic N) is 2. The number of hydrogen-bond donors (Lipinski definition) is 4. The van der Waals surface area contributed by atoms with Gasteiger partial charge < -0.3 is 19.9 Å². The fraction of sp³-hybridized carbons (Fsp3) is 0.167. The van der Waals surface area contributed by atoms with E-state index in [0.29, 0.717) is 27.7 Å². The molecule has 0 spiro atoms. The van der Waals surface area contributed by atoms with Crippen LogP contribution in [0.4, 0.5) is 23.9 Å². The first-order valence-electron chi connectivity index (χ1n) is 10.8. The average Bonchev–Trinajstić information content (AvgIpc) is 3.59. The Morgan fingerprint density at radius 1 is 1.18 bits per heavy atom. The van der Waals surface area contributed by atoms with Crippen molar-refractivity contribution >= 4 is 46.3 Å².